The van der Waals surface area contributed by atoms with Crippen molar-refractivity contribution in [3.8, 4) is 5.88 Å². The van der Waals surface area contributed by atoms with Crippen molar-refractivity contribution in [1.82, 2.24) is 4.57 Å². The number of aromatic nitrogens is 1. The van der Waals surface area contributed by atoms with E-state index in [-0.39, 0.29) is 0 Å². The largest absolute Gasteiger partial charge is 0.482 e. The van der Waals surface area contributed by atoms with Crippen LogP contribution >= 0.6 is 11.6 Å². The molecule has 0 unspecified atom stereocenters. The zero-order valence-corrected chi connectivity index (χ0v) is 11.8. The Morgan fingerprint density at radius 1 is 1.32 bits per heavy atom. The topological polar surface area (TPSA) is 23.4 Å². The fourth-order valence-corrected chi connectivity index (χ4v) is 2.94. The molecule has 1 aliphatic rings. The summed E-state index contributed by atoms with van der Waals surface area (Å²) in [5.41, 5.74) is 1.19. The lowest BCUT2D eigenvalue weighted by atomic mass is 10.0. The Morgan fingerprint density at radius 2 is 2.11 bits per heavy atom. The highest BCUT2D eigenvalue weighted by Gasteiger charge is 2.18. The highest BCUT2D eigenvalue weighted by molar-refractivity contribution is 6.31. The standard InChI is InChI=1S/C15H18ClNO2/c1-18-15-9-12-8-13(16)2-3-14(12)17(15)10-11-4-6-19-7-5-11/h2-3,8-9,11H,4-7,10H2,1H3. The van der Waals surface area contributed by atoms with Gasteiger partial charge >= 0.3 is 0 Å². The monoisotopic (exact) mass is 279 g/mol. The summed E-state index contributed by atoms with van der Waals surface area (Å²) in [6.45, 7) is 2.73. The molecule has 0 saturated carbocycles. The molecule has 0 N–H and O–H groups in total. The van der Waals surface area contributed by atoms with Crippen LogP contribution in [0.4, 0.5) is 0 Å². The molecule has 1 aromatic heterocycles. The number of rotatable bonds is 3. The first kappa shape index (κ1) is 12.8. The molecule has 0 radical (unpaired) electrons. The Kier molecular flexibility index (Phi) is 3.67. The van der Waals surface area contributed by atoms with Crippen LogP contribution in [0.15, 0.2) is 24.3 Å². The molecule has 3 rings (SSSR count). The van der Waals surface area contributed by atoms with E-state index in [2.05, 4.69) is 16.7 Å². The molecule has 2 aromatic rings. The molecule has 0 aliphatic carbocycles. The van der Waals surface area contributed by atoms with Crippen LogP contribution in [-0.2, 0) is 11.3 Å². The summed E-state index contributed by atoms with van der Waals surface area (Å²) in [5.74, 6) is 1.57. The molecule has 1 aromatic carbocycles. The SMILES string of the molecule is COc1cc2cc(Cl)ccc2n1CC1CCOCC1. The highest BCUT2D eigenvalue weighted by Crippen LogP contribution is 2.30. The third-order valence-corrected chi connectivity index (χ3v) is 4.05. The van der Waals surface area contributed by atoms with E-state index in [0.717, 1.165) is 48.9 Å². The molecule has 0 spiro atoms. The average molecular weight is 280 g/mol. The second-order valence-corrected chi connectivity index (χ2v) is 5.49. The van der Waals surface area contributed by atoms with Crippen LogP contribution in [0.25, 0.3) is 10.9 Å². The highest BCUT2D eigenvalue weighted by atomic mass is 35.5. The summed E-state index contributed by atoms with van der Waals surface area (Å²) < 4.78 is 13.2. The van der Waals surface area contributed by atoms with E-state index in [1.807, 2.05) is 12.1 Å². The maximum atomic E-state index is 6.05. The Morgan fingerprint density at radius 3 is 2.84 bits per heavy atom. The van der Waals surface area contributed by atoms with E-state index in [9.17, 15) is 0 Å². The molecule has 1 saturated heterocycles. The number of halogens is 1. The van der Waals surface area contributed by atoms with Crippen molar-refractivity contribution in [3.63, 3.8) is 0 Å². The zero-order valence-electron chi connectivity index (χ0n) is 11.1. The minimum absolute atomic E-state index is 0.661. The first-order chi connectivity index (χ1) is 9.28. The van der Waals surface area contributed by atoms with Crippen molar-refractivity contribution >= 4 is 22.5 Å². The number of hydrogen-bond acceptors (Lipinski definition) is 2. The lowest BCUT2D eigenvalue weighted by Gasteiger charge is -2.23. The fraction of sp³-hybridized carbons (Fsp3) is 0.467. The molecule has 0 atom stereocenters. The molecule has 19 heavy (non-hydrogen) atoms. The van der Waals surface area contributed by atoms with Gasteiger partial charge in [0.05, 0.1) is 12.6 Å². The molecule has 3 nitrogen and oxygen atoms in total. The molecule has 1 aliphatic heterocycles. The normalized spacial score (nSPS) is 16.9. The van der Waals surface area contributed by atoms with E-state index in [1.54, 1.807) is 7.11 Å². The third-order valence-electron chi connectivity index (χ3n) is 3.82. The third kappa shape index (κ3) is 2.58. The molecule has 4 heteroatoms. The molecule has 102 valence electrons. The quantitative estimate of drug-likeness (QED) is 0.855. The first-order valence-corrected chi connectivity index (χ1v) is 7.06. The van der Waals surface area contributed by atoms with Gasteiger partial charge in [-0.15, -0.1) is 0 Å². The van der Waals surface area contributed by atoms with Gasteiger partial charge in [-0.1, -0.05) is 11.6 Å². The second-order valence-electron chi connectivity index (χ2n) is 5.06. The van der Waals surface area contributed by atoms with Gasteiger partial charge in [0.15, 0.2) is 5.88 Å². The molecule has 0 amide bonds. The van der Waals surface area contributed by atoms with Crippen LogP contribution < -0.4 is 4.74 Å². The maximum absolute atomic E-state index is 6.05. The van der Waals surface area contributed by atoms with Crippen LogP contribution in [0.3, 0.4) is 0 Å². The molecular weight excluding hydrogens is 262 g/mol. The van der Waals surface area contributed by atoms with E-state index in [0.29, 0.717) is 5.92 Å². The van der Waals surface area contributed by atoms with Gasteiger partial charge in [0.1, 0.15) is 0 Å². The second kappa shape index (κ2) is 5.43. The average Bonchev–Trinajstić information content (AvgIpc) is 2.77. The molecule has 1 fully saturated rings. The van der Waals surface area contributed by atoms with Crippen LogP contribution in [-0.4, -0.2) is 24.9 Å². The molecule has 0 bridgehead atoms. The van der Waals surface area contributed by atoms with Gasteiger partial charge in [0, 0.05) is 36.2 Å². The number of methoxy groups -OCH3 is 1. The van der Waals surface area contributed by atoms with Gasteiger partial charge in [0.2, 0.25) is 0 Å². The lowest BCUT2D eigenvalue weighted by Crippen LogP contribution is -2.20. The van der Waals surface area contributed by atoms with Crippen molar-refractivity contribution in [3.05, 3.63) is 29.3 Å². The maximum Gasteiger partial charge on any atom is 0.194 e. The zero-order chi connectivity index (χ0) is 13.2. The van der Waals surface area contributed by atoms with Crippen LogP contribution in [0.1, 0.15) is 12.8 Å². The Balaban J connectivity index is 1.95. The Labute approximate surface area is 118 Å². The van der Waals surface area contributed by atoms with Crippen molar-refractivity contribution in [2.24, 2.45) is 5.92 Å². The summed E-state index contributed by atoms with van der Waals surface area (Å²) in [4.78, 5) is 0. The summed E-state index contributed by atoms with van der Waals surface area (Å²) in [7, 11) is 1.72. The van der Waals surface area contributed by atoms with Crippen molar-refractivity contribution < 1.29 is 9.47 Å². The summed E-state index contributed by atoms with van der Waals surface area (Å²) in [6.07, 6.45) is 2.24. The number of fused-ring (bicyclic) bond motifs is 1. The fourth-order valence-electron chi connectivity index (χ4n) is 2.76. The van der Waals surface area contributed by atoms with Gasteiger partial charge in [-0.2, -0.15) is 0 Å². The Hall–Kier alpha value is -1.19. The van der Waals surface area contributed by atoms with Crippen LogP contribution in [0.2, 0.25) is 5.02 Å². The lowest BCUT2D eigenvalue weighted by molar-refractivity contribution is 0.0610. The van der Waals surface area contributed by atoms with E-state index in [4.69, 9.17) is 21.1 Å². The predicted molar refractivity (Wildman–Crippen MR) is 77.0 cm³/mol. The summed E-state index contributed by atoms with van der Waals surface area (Å²) in [5, 5.41) is 1.90. The van der Waals surface area contributed by atoms with Gasteiger partial charge in [-0.05, 0) is 37.0 Å². The summed E-state index contributed by atoms with van der Waals surface area (Å²) in [6, 6.07) is 8.05. The Bertz CT molecular complexity index is 573. The van der Waals surface area contributed by atoms with Gasteiger partial charge in [-0.25, -0.2) is 0 Å². The van der Waals surface area contributed by atoms with Crippen molar-refractivity contribution in [1.29, 1.82) is 0 Å². The van der Waals surface area contributed by atoms with Crippen LogP contribution in [0.5, 0.6) is 5.88 Å². The molecular formula is C15H18ClNO2. The van der Waals surface area contributed by atoms with Crippen molar-refractivity contribution in [2.45, 2.75) is 19.4 Å². The van der Waals surface area contributed by atoms with Crippen molar-refractivity contribution in [2.75, 3.05) is 20.3 Å². The van der Waals surface area contributed by atoms with Gasteiger partial charge in [0.25, 0.3) is 0 Å². The minimum atomic E-state index is 0.661. The van der Waals surface area contributed by atoms with Gasteiger partial charge < -0.3 is 14.0 Å². The van der Waals surface area contributed by atoms with E-state index < -0.39 is 0 Å². The smallest absolute Gasteiger partial charge is 0.194 e. The van der Waals surface area contributed by atoms with E-state index >= 15 is 0 Å². The number of benzene rings is 1. The minimum Gasteiger partial charge on any atom is -0.482 e. The van der Waals surface area contributed by atoms with Crippen LogP contribution in [0, 0.1) is 5.92 Å². The van der Waals surface area contributed by atoms with E-state index in [1.165, 1.54) is 5.52 Å². The number of hydrogen-bond donors (Lipinski definition) is 0. The molecule has 2 heterocycles. The summed E-state index contributed by atoms with van der Waals surface area (Å²) >= 11 is 6.05. The predicted octanol–water partition coefficient (Wildman–Crippen LogP) is 3.73. The number of nitrogens with zero attached hydrogens (tertiary/aromatic N) is 1. The first-order valence-electron chi connectivity index (χ1n) is 6.68. The number of ether oxygens (including phenoxy) is 2. The van der Waals surface area contributed by atoms with Gasteiger partial charge in [-0.3, -0.25) is 0 Å².